The van der Waals surface area contributed by atoms with Gasteiger partial charge in [0.2, 0.25) is 0 Å². The minimum Gasteiger partial charge on any atom is -0.327 e. The number of nitrogens with zero attached hydrogens (tertiary/aromatic N) is 1. The summed E-state index contributed by atoms with van der Waals surface area (Å²) in [7, 11) is 0. The highest BCUT2D eigenvalue weighted by Gasteiger charge is 2.18. The molecule has 114 valence electrons. The van der Waals surface area contributed by atoms with Crippen molar-refractivity contribution >= 4 is 23.1 Å². The Labute approximate surface area is 136 Å². The van der Waals surface area contributed by atoms with Crippen molar-refractivity contribution in [3.63, 3.8) is 0 Å². The van der Waals surface area contributed by atoms with E-state index in [0.29, 0.717) is 0 Å². The Hall–Kier alpha value is -0.840. The summed E-state index contributed by atoms with van der Waals surface area (Å²) >= 11 is 3.57. The number of aromatic nitrogens is 1. The molecule has 0 bridgehead atoms. The molecule has 4 heteroatoms. The first-order valence-electron chi connectivity index (χ1n) is 7.25. The summed E-state index contributed by atoms with van der Waals surface area (Å²) in [5.41, 5.74) is 8.87. The van der Waals surface area contributed by atoms with E-state index in [4.69, 9.17) is 10.7 Å². The third kappa shape index (κ3) is 4.83. The smallest absolute Gasteiger partial charge is 0.0944 e. The van der Waals surface area contributed by atoms with Crippen LogP contribution in [0.4, 0.5) is 0 Å². The summed E-state index contributed by atoms with van der Waals surface area (Å²) in [6, 6.07) is 8.60. The van der Waals surface area contributed by atoms with Crippen molar-refractivity contribution in [3.05, 3.63) is 45.9 Å². The molecule has 1 unspecified atom stereocenters. The highest BCUT2D eigenvalue weighted by molar-refractivity contribution is 7.99. The predicted molar refractivity (Wildman–Crippen MR) is 94.4 cm³/mol. The van der Waals surface area contributed by atoms with Crippen molar-refractivity contribution in [3.8, 4) is 0 Å². The molecular formula is C17H24N2S2. The molecule has 1 aromatic heterocycles. The zero-order valence-corrected chi connectivity index (χ0v) is 14.9. The van der Waals surface area contributed by atoms with Crippen molar-refractivity contribution in [2.45, 2.75) is 50.5 Å². The summed E-state index contributed by atoms with van der Waals surface area (Å²) in [6.07, 6.45) is 0.861. The van der Waals surface area contributed by atoms with E-state index in [1.807, 2.05) is 11.8 Å². The van der Waals surface area contributed by atoms with Gasteiger partial charge < -0.3 is 5.73 Å². The first kappa shape index (κ1) is 16.5. The average molecular weight is 321 g/mol. The molecular weight excluding hydrogens is 296 g/mol. The van der Waals surface area contributed by atoms with Crippen LogP contribution in [0.5, 0.6) is 0 Å². The van der Waals surface area contributed by atoms with Gasteiger partial charge in [0.1, 0.15) is 0 Å². The Bertz CT molecular complexity index is 584. The van der Waals surface area contributed by atoms with Crippen LogP contribution in [0.1, 0.15) is 37.0 Å². The second-order valence-corrected chi connectivity index (χ2v) is 8.42. The van der Waals surface area contributed by atoms with E-state index in [9.17, 15) is 0 Å². The fourth-order valence-corrected chi connectivity index (χ4v) is 4.04. The number of benzene rings is 1. The first-order valence-corrected chi connectivity index (χ1v) is 9.11. The maximum atomic E-state index is 6.27. The van der Waals surface area contributed by atoms with Gasteiger partial charge in [-0.2, -0.15) is 0 Å². The summed E-state index contributed by atoms with van der Waals surface area (Å²) in [4.78, 5) is 6.05. The number of thiazole rings is 1. The molecule has 0 amide bonds. The molecule has 2 N–H and O–H groups in total. The van der Waals surface area contributed by atoms with Gasteiger partial charge in [-0.1, -0.05) is 39.0 Å². The van der Waals surface area contributed by atoms with E-state index in [0.717, 1.165) is 17.2 Å². The minimum atomic E-state index is 0.120. The van der Waals surface area contributed by atoms with Crippen molar-refractivity contribution in [1.29, 1.82) is 0 Å². The van der Waals surface area contributed by atoms with Gasteiger partial charge in [0.05, 0.1) is 10.7 Å². The number of nitrogens with two attached hydrogens (primary N) is 1. The van der Waals surface area contributed by atoms with Crippen molar-refractivity contribution < 1.29 is 0 Å². The van der Waals surface area contributed by atoms with E-state index in [-0.39, 0.29) is 11.5 Å². The summed E-state index contributed by atoms with van der Waals surface area (Å²) < 4.78 is 0. The van der Waals surface area contributed by atoms with E-state index in [1.165, 1.54) is 16.2 Å². The quantitative estimate of drug-likeness (QED) is 0.829. The zero-order chi connectivity index (χ0) is 15.5. The first-order chi connectivity index (χ1) is 9.86. The second-order valence-electron chi connectivity index (χ2n) is 6.42. The molecule has 0 fully saturated rings. The van der Waals surface area contributed by atoms with Gasteiger partial charge >= 0.3 is 0 Å². The van der Waals surface area contributed by atoms with E-state index in [1.54, 1.807) is 11.3 Å². The molecule has 2 aromatic rings. The van der Waals surface area contributed by atoms with Gasteiger partial charge in [-0.15, -0.1) is 23.1 Å². The third-order valence-corrected chi connectivity index (χ3v) is 5.54. The summed E-state index contributed by atoms with van der Waals surface area (Å²) in [5, 5.41) is 3.31. The lowest BCUT2D eigenvalue weighted by Gasteiger charge is -2.14. The average Bonchev–Trinajstić information content (AvgIpc) is 2.86. The number of thioether (sulfide) groups is 1. The molecule has 0 aliphatic rings. The molecule has 1 heterocycles. The topological polar surface area (TPSA) is 38.9 Å². The van der Waals surface area contributed by atoms with Gasteiger partial charge in [0.15, 0.2) is 0 Å². The van der Waals surface area contributed by atoms with E-state index < -0.39 is 0 Å². The van der Waals surface area contributed by atoms with Gasteiger partial charge in [-0.3, -0.25) is 0 Å². The summed E-state index contributed by atoms with van der Waals surface area (Å²) in [6.45, 7) is 8.73. The molecule has 0 spiro atoms. The number of rotatable bonds is 5. The minimum absolute atomic E-state index is 0.120. The van der Waals surface area contributed by atoms with Crippen LogP contribution >= 0.6 is 23.1 Å². The molecule has 0 saturated heterocycles. The van der Waals surface area contributed by atoms with Crippen LogP contribution in [-0.2, 0) is 11.8 Å². The molecule has 0 saturated carbocycles. The molecule has 0 radical (unpaired) electrons. The summed E-state index contributed by atoms with van der Waals surface area (Å²) in [5.74, 6) is 0.926. The van der Waals surface area contributed by atoms with Crippen molar-refractivity contribution in [2.24, 2.45) is 5.73 Å². The van der Waals surface area contributed by atoms with Gasteiger partial charge in [-0.25, -0.2) is 4.98 Å². The lowest BCUT2D eigenvalue weighted by Crippen LogP contribution is -2.25. The van der Waals surface area contributed by atoms with Gasteiger partial charge in [-0.05, 0) is 18.6 Å². The highest BCUT2D eigenvalue weighted by atomic mass is 32.2. The normalized spacial score (nSPS) is 13.4. The molecule has 0 aliphatic heterocycles. The fraction of sp³-hybridized carbons (Fsp3) is 0.471. The van der Waals surface area contributed by atoms with Crippen molar-refractivity contribution in [2.75, 3.05) is 5.75 Å². The van der Waals surface area contributed by atoms with Gasteiger partial charge in [0, 0.05) is 33.9 Å². The Balaban J connectivity index is 1.89. The fourth-order valence-electron chi connectivity index (χ4n) is 1.95. The maximum Gasteiger partial charge on any atom is 0.0944 e. The zero-order valence-electron chi connectivity index (χ0n) is 13.2. The van der Waals surface area contributed by atoms with Crippen LogP contribution < -0.4 is 5.73 Å². The Kier molecular flexibility index (Phi) is 5.47. The van der Waals surface area contributed by atoms with Crippen LogP contribution in [0.15, 0.2) is 34.5 Å². The number of hydrogen-bond acceptors (Lipinski definition) is 4. The SMILES string of the molecule is Cc1ccccc1SCC(N)Cc1nc(C(C)(C)C)cs1. The number of aryl methyl sites for hydroxylation is 1. The van der Waals surface area contributed by atoms with Crippen LogP contribution in [0.3, 0.4) is 0 Å². The third-order valence-electron chi connectivity index (χ3n) is 3.30. The van der Waals surface area contributed by atoms with Crippen LogP contribution in [-0.4, -0.2) is 16.8 Å². The predicted octanol–water partition coefficient (Wildman–Crippen LogP) is 4.41. The van der Waals surface area contributed by atoms with E-state index in [2.05, 4.69) is 57.3 Å². The lowest BCUT2D eigenvalue weighted by atomic mass is 9.93. The molecule has 0 aliphatic carbocycles. The molecule has 2 rings (SSSR count). The maximum absolute atomic E-state index is 6.27. The van der Waals surface area contributed by atoms with Crippen LogP contribution in [0.2, 0.25) is 0 Å². The van der Waals surface area contributed by atoms with Crippen LogP contribution in [0, 0.1) is 6.92 Å². The van der Waals surface area contributed by atoms with Crippen molar-refractivity contribution in [1.82, 2.24) is 4.98 Å². The monoisotopic (exact) mass is 320 g/mol. The molecule has 21 heavy (non-hydrogen) atoms. The molecule has 2 nitrogen and oxygen atoms in total. The van der Waals surface area contributed by atoms with E-state index >= 15 is 0 Å². The highest BCUT2D eigenvalue weighted by Crippen LogP contribution is 2.26. The second kappa shape index (κ2) is 6.95. The Morgan fingerprint density at radius 2 is 2.00 bits per heavy atom. The van der Waals surface area contributed by atoms with Crippen LogP contribution in [0.25, 0.3) is 0 Å². The molecule has 1 aromatic carbocycles. The Morgan fingerprint density at radius 3 is 2.62 bits per heavy atom. The number of hydrogen-bond donors (Lipinski definition) is 1. The standard InChI is InChI=1S/C17H24N2S2/c1-12-7-5-6-8-14(12)20-10-13(18)9-16-19-15(11-21-16)17(2,3)4/h5-8,11,13H,9-10,18H2,1-4H3. The van der Waals surface area contributed by atoms with Gasteiger partial charge in [0.25, 0.3) is 0 Å². The lowest BCUT2D eigenvalue weighted by molar-refractivity contribution is 0.569. The largest absolute Gasteiger partial charge is 0.327 e. The Morgan fingerprint density at radius 1 is 1.29 bits per heavy atom. The molecule has 1 atom stereocenters.